The number of aryl methyl sites for hydroxylation is 4. The molecule has 3 aliphatic rings. The molecule has 7 rings (SSSR count). The Morgan fingerprint density at radius 1 is 0.772 bits per heavy atom. The highest BCUT2D eigenvalue weighted by molar-refractivity contribution is 7.88. The Morgan fingerprint density at radius 2 is 1.28 bits per heavy atom. The quantitative estimate of drug-likeness (QED) is 0.143. The van der Waals surface area contributed by atoms with E-state index < -0.39 is 26.1 Å². The van der Waals surface area contributed by atoms with Gasteiger partial charge in [0.2, 0.25) is 31.9 Å². The lowest BCUT2D eigenvalue weighted by atomic mass is 10.0. The van der Waals surface area contributed by atoms with Crippen LogP contribution in [0.15, 0.2) is 45.4 Å². The molecule has 3 atom stereocenters. The van der Waals surface area contributed by atoms with Crippen LogP contribution >= 0.6 is 0 Å². The molecule has 2 aromatic carbocycles. The maximum absolute atomic E-state index is 12.9. The first-order valence-electron chi connectivity index (χ1n) is 18.8. The molecule has 0 spiro atoms. The van der Waals surface area contributed by atoms with Gasteiger partial charge in [0.1, 0.15) is 17.6 Å². The van der Waals surface area contributed by atoms with Crippen LogP contribution in [-0.4, -0.2) is 104 Å². The van der Waals surface area contributed by atoms with Gasteiger partial charge in [0.05, 0.1) is 46.6 Å². The molecule has 2 amide bonds. The summed E-state index contributed by atoms with van der Waals surface area (Å²) in [5, 5.41) is 20.4. The van der Waals surface area contributed by atoms with Gasteiger partial charge in [-0.1, -0.05) is 22.4 Å². The van der Waals surface area contributed by atoms with Crippen LogP contribution in [0.1, 0.15) is 55.0 Å². The molecule has 17 nitrogen and oxygen atoms in total. The smallest absolute Gasteiger partial charge is 0.247 e. The average molecular weight is 826 g/mol. The standard InChI is InChI=1S/C22H29N5O5S.C16H22N4O3S/c1-13-21(14(2)32-26-13)15-7-8-17(23-16-9-10-27(12-16)33(3,30)31)19(11-15)25-22(29)18-5-4-6-20(28)24-18;1-10-16(11(2)23-19-10)12-4-5-15(14(17)8-12)18-13-6-7-20(9-13)24(3,21)22/h7-8,11,16,18,23H,4-6,9-10,12H2,1-3H3,(H,24,28)(H,25,29);4-5,8,13,18H,6-7,9,17H2,1-3H3/t16-,18+;13-/m11/s1. The molecular weight excluding hydrogens is 775 g/mol. The van der Waals surface area contributed by atoms with Gasteiger partial charge >= 0.3 is 0 Å². The minimum absolute atomic E-state index is 0.0620. The zero-order valence-corrected chi connectivity index (χ0v) is 34.6. The van der Waals surface area contributed by atoms with Gasteiger partial charge in [0.15, 0.2) is 0 Å². The number of hydrogen-bond donors (Lipinski definition) is 5. The molecule has 2 aromatic heterocycles. The van der Waals surface area contributed by atoms with Crippen molar-refractivity contribution >= 4 is 54.6 Å². The number of piperidine rings is 1. The molecule has 3 aliphatic heterocycles. The number of rotatable bonds is 10. The van der Waals surface area contributed by atoms with E-state index in [1.165, 1.54) is 21.1 Å². The van der Waals surface area contributed by atoms with Gasteiger partial charge in [-0.25, -0.2) is 25.4 Å². The molecule has 57 heavy (non-hydrogen) atoms. The molecule has 5 heterocycles. The number of amides is 2. The summed E-state index contributed by atoms with van der Waals surface area (Å²) in [7, 11) is -6.40. The molecule has 0 radical (unpaired) electrons. The highest BCUT2D eigenvalue weighted by Gasteiger charge is 2.31. The highest BCUT2D eigenvalue weighted by Crippen LogP contribution is 2.35. The van der Waals surface area contributed by atoms with Crippen LogP contribution in [0.25, 0.3) is 22.3 Å². The molecule has 4 aromatic rings. The molecule has 0 saturated carbocycles. The van der Waals surface area contributed by atoms with E-state index in [1.54, 1.807) is 0 Å². The van der Waals surface area contributed by atoms with Crippen LogP contribution in [0.4, 0.5) is 22.7 Å². The number of benzene rings is 2. The first-order valence-corrected chi connectivity index (χ1v) is 22.5. The van der Waals surface area contributed by atoms with E-state index in [0.29, 0.717) is 74.7 Å². The monoisotopic (exact) mass is 825 g/mol. The number of anilines is 4. The third kappa shape index (κ3) is 9.95. The van der Waals surface area contributed by atoms with Gasteiger partial charge in [-0.05, 0) is 88.8 Å². The molecule has 308 valence electrons. The number of carbonyl (C=O) groups excluding carboxylic acids is 2. The van der Waals surface area contributed by atoms with Crippen molar-refractivity contribution in [1.82, 2.24) is 24.2 Å². The number of nitrogens with two attached hydrogens (primary N) is 1. The third-order valence-corrected chi connectivity index (χ3v) is 13.0. The molecule has 19 heteroatoms. The summed E-state index contributed by atoms with van der Waals surface area (Å²) >= 11 is 0. The van der Waals surface area contributed by atoms with Crippen LogP contribution in [0, 0.1) is 27.7 Å². The van der Waals surface area contributed by atoms with Crippen LogP contribution in [0.2, 0.25) is 0 Å². The van der Waals surface area contributed by atoms with E-state index in [1.807, 2.05) is 64.1 Å². The van der Waals surface area contributed by atoms with Crippen molar-refractivity contribution in [2.45, 2.75) is 77.9 Å². The lowest BCUT2D eigenvalue weighted by Gasteiger charge is -2.24. The van der Waals surface area contributed by atoms with Crippen molar-refractivity contribution in [2.24, 2.45) is 0 Å². The Morgan fingerprint density at radius 3 is 1.74 bits per heavy atom. The number of carbonyl (C=O) groups is 2. The van der Waals surface area contributed by atoms with Gasteiger partial charge in [-0.15, -0.1) is 0 Å². The summed E-state index contributed by atoms with van der Waals surface area (Å²) in [6, 6.07) is 10.8. The molecule has 6 N–H and O–H groups in total. The number of nitrogens with one attached hydrogen (secondary N) is 4. The predicted octanol–water partition coefficient (Wildman–Crippen LogP) is 4.00. The van der Waals surface area contributed by atoms with Crippen molar-refractivity contribution in [1.29, 1.82) is 0 Å². The second kappa shape index (κ2) is 16.9. The van der Waals surface area contributed by atoms with Gasteiger partial charge < -0.3 is 36.0 Å². The van der Waals surface area contributed by atoms with Gasteiger partial charge in [-0.3, -0.25) is 9.59 Å². The summed E-state index contributed by atoms with van der Waals surface area (Å²) in [4.78, 5) is 24.7. The van der Waals surface area contributed by atoms with E-state index in [0.717, 1.165) is 51.5 Å². The summed E-state index contributed by atoms with van der Waals surface area (Å²) in [5.74, 6) is 1.01. The largest absolute Gasteiger partial charge is 0.397 e. The van der Waals surface area contributed by atoms with Crippen molar-refractivity contribution in [3.8, 4) is 22.3 Å². The summed E-state index contributed by atoms with van der Waals surface area (Å²) in [5.41, 5.74) is 14.0. The van der Waals surface area contributed by atoms with Crippen molar-refractivity contribution < 1.29 is 35.5 Å². The summed E-state index contributed by atoms with van der Waals surface area (Å²) in [6.45, 7) is 9.25. The van der Waals surface area contributed by atoms with E-state index in [2.05, 4.69) is 31.6 Å². The Hall–Kier alpha value is -4.98. The third-order valence-electron chi connectivity index (χ3n) is 10.5. The molecule has 3 saturated heterocycles. The number of hydrogen-bond acceptors (Lipinski definition) is 13. The SMILES string of the molecule is Cc1noc(C)c1-c1ccc(N[C@@H]2CCN(S(C)(=O)=O)C2)c(N)c1.Cc1noc(C)c1-c1ccc(N[C@@H]2CCN(S(C)(=O)=O)C2)c(NC(=O)[C@@H]2CCCC(=O)N2)c1. The fourth-order valence-electron chi connectivity index (χ4n) is 7.53. The first kappa shape index (κ1) is 41.6. The lowest BCUT2D eigenvalue weighted by molar-refractivity contribution is -0.128. The molecular formula is C38H51N9O8S2. The average Bonchev–Trinajstić information content (AvgIpc) is 3.95. The number of nitrogen functional groups attached to an aromatic ring is 1. The first-order chi connectivity index (χ1) is 26.9. The van der Waals surface area contributed by atoms with Crippen LogP contribution < -0.4 is 27.0 Å². The van der Waals surface area contributed by atoms with Crippen LogP contribution in [0.5, 0.6) is 0 Å². The number of sulfonamides is 2. The van der Waals surface area contributed by atoms with Crippen LogP contribution in [0.3, 0.4) is 0 Å². The summed E-state index contributed by atoms with van der Waals surface area (Å²) < 4.78 is 60.4. The summed E-state index contributed by atoms with van der Waals surface area (Å²) in [6.07, 6.45) is 5.53. The zero-order chi connectivity index (χ0) is 41.2. The van der Waals surface area contributed by atoms with Crippen molar-refractivity contribution in [3.63, 3.8) is 0 Å². The lowest BCUT2D eigenvalue weighted by Crippen LogP contribution is -2.46. The maximum Gasteiger partial charge on any atom is 0.247 e. The minimum atomic E-state index is -3.26. The Bertz CT molecular complexity index is 2320. The van der Waals surface area contributed by atoms with E-state index in [4.69, 9.17) is 14.8 Å². The van der Waals surface area contributed by atoms with E-state index in [-0.39, 0.29) is 23.9 Å². The Kier molecular flexibility index (Phi) is 12.3. The topological polar surface area (TPSA) is 235 Å². The molecule has 3 fully saturated rings. The molecule has 0 bridgehead atoms. The molecule has 0 unspecified atom stereocenters. The fraction of sp³-hybridized carbons (Fsp3) is 0.474. The Balaban J connectivity index is 0.000000203. The van der Waals surface area contributed by atoms with Crippen molar-refractivity contribution in [3.05, 3.63) is 59.3 Å². The Labute approximate surface area is 333 Å². The van der Waals surface area contributed by atoms with E-state index in [9.17, 15) is 26.4 Å². The zero-order valence-electron chi connectivity index (χ0n) is 33.0. The maximum atomic E-state index is 12.9. The predicted molar refractivity (Wildman–Crippen MR) is 219 cm³/mol. The molecule has 0 aliphatic carbocycles. The van der Waals surface area contributed by atoms with E-state index >= 15 is 0 Å². The van der Waals surface area contributed by atoms with Gasteiger partial charge in [-0.2, -0.15) is 0 Å². The van der Waals surface area contributed by atoms with Crippen LogP contribution in [-0.2, 0) is 29.6 Å². The van der Waals surface area contributed by atoms with Gasteiger partial charge in [0.25, 0.3) is 0 Å². The second-order valence-corrected chi connectivity index (χ2v) is 18.9. The second-order valence-electron chi connectivity index (χ2n) is 15.0. The minimum Gasteiger partial charge on any atom is -0.397 e. The number of nitrogens with zero attached hydrogens (tertiary/aromatic N) is 4. The highest BCUT2D eigenvalue weighted by atomic mass is 32.2. The van der Waals surface area contributed by atoms with Gasteiger partial charge in [0, 0.05) is 55.8 Å². The number of aromatic nitrogens is 2. The fourth-order valence-corrected chi connectivity index (χ4v) is 9.30. The van der Waals surface area contributed by atoms with Crippen molar-refractivity contribution in [2.75, 3.05) is 60.4 Å². The normalized spacial score (nSPS) is 20.5.